The van der Waals surface area contributed by atoms with E-state index in [-0.39, 0.29) is 18.4 Å². The van der Waals surface area contributed by atoms with Gasteiger partial charge in [-0.05, 0) is 37.0 Å². The third-order valence-corrected chi connectivity index (χ3v) is 3.98. The van der Waals surface area contributed by atoms with Crippen molar-refractivity contribution in [3.63, 3.8) is 0 Å². The molecule has 0 aliphatic heterocycles. The Hall–Kier alpha value is -1.88. The predicted molar refractivity (Wildman–Crippen MR) is 82.8 cm³/mol. The molecule has 0 aromatic heterocycles. The highest BCUT2D eigenvalue weighted by Crippen LogP contribution is 2.27. The van der Waals surface area contributed by atoms with Gasteiger partial charge in [-0.25, -0.2) is 0 Å². The lowest BCUT2D eigenvalue weighted by molar-refractivity contribution is -0.128. The Labute approximate surface area is 125 Å². The molecule has 5 nitrogen and oxygen atoms in total. The van der Waals surface area contributed by atoms with Crippen LogP contribution in [0.2, 0.25) is 0 Å². The van der Waals surface area contributed by atoms with Crippen LogP contribution in [0.15, 0.2) is 24.3 Å². The molecule has 1 aliphatic rings. The van der Waals surface area contributed by atoms with Crippen LogP contribution in [0.3, 0.4) is 0 Å². The maximum absolute atomic E-state index is 12.0. The van der Waals surface area contributed by atoms with Gasteiger partial charge in [0.05, 0.1) is 12.1 Å². The zero-order valence-electron chi connectivity index (χ0n) is 12.4. The van der Waals surface area contributed by atoms with Crippen molar-refractivity contribution >= 4 is 17.5 Å². The first-order valence-electron chi connectivity index (χ1n) is 7.49. The van der Waals surface area contributed by atoms with Gasteiger partial charge in [-0.3, -0.25) is 9.59 Å². The van der Waals surface area contributed by atoms with E-state index in [0.29, 0.717) is 12.8 Å². The van der Waals surface area contributed by atoms with Crippen LogP contribution in [-0.4, -0.2) is 23.9 Å². The van der Waals surface area contributed by atoms with Crippen molar-refractivity contribution in [1.29, 1.82) is 0 Å². The molecule has 1 fully saturated rings. The highest BCUT2D eigenvalue weighted by atomic mass is 16.2. The Kier molecular flexibility index (Phi) is 4.96. The van der Waals surface area contributed by atoms with Gasteiger partial charge in [0.25, 0.3) is 0 Å². The summed E-state index contributed by atoms with van der Waals surface area (Å²) in [6.07, 6.45) is 4.24. The van der Waals surface area contributed by atoms with E-state index < -0.39 is 5.54 Å². The van der Waals surface area contributed by atoms with E-state index >= 15 is 0 Å². The molecule has 2 rings (SSSR count). The molecule has 0 heterocycles. The lowest BCUT2D eigenvalue weighted by Crippen LogP contribution is -2.53. The van der Waals surface area contributed by atoms with Crippen LogP contribution in [0.25, 0.3) is 0 Å². The molecule has 1 aromatic carbocycles. The Balaban J connectivity index is 1.83. The lowest BCUT2D eigenvalue weighted by Gasteiger charge is -2.22. The molecule has 114 valence electrons. The van der Waals surface area contributed by atoms with Crippen molar-refractivity contribution in [3.05, 3.63) is 29.8 Å². The van der Waals surface area contributed by atoms with Crippen molar-refractivity contribution in [3.8, 4) is 0 Å². The average Bonchev–Trinajstić information content (AvgIpc) is 2.93. The minimum atomic E-state index is -0.789. The number of hydrogen-bond acceptors (Lipinski definition) is 3. The van der Waals surface area contributed by atoms with Crippen LogP contribution in [0.5, 0.6) is 0 Å². The van der Waals surface area contributed by atoms with Gasteiger partial charge < -0.3 is 16.4 Å². The maximum atomic E-state index is 12.0. The van der Waals surface area contributed by atoms with Crippen LogP contribution in [0, 0.1) is 0 Å². The number of benzene rings is 1. The van der Waals surface area contributed by atoms with Gasteiger partial charge in [0.1, 0.15) is 0 Å². The Morgan fingerprint density at radius 2 is 2.00 bits per heavy atom. The van der Waals surface area contributed by atoms with E-state index in [1.807, 2.05) is 24.3 Å². The van der Waals surface area contributed by atoms with E-state index in [1.165, 1.54) is 0 Å². The van der Waals surface area contributed by atoms with Crippen LogP contribution in [-0.2, 0) is 16.0 Å². The van der Waals surface area contributed by atoms with Crippen molar-refractivity contribution in [2.45, 2.75) is 44.6 Å². The number of anilines is 1. The fourth-order valence-electron chi connectivity index (χ4n) is 2.64. The molecule has 1 saturated carbocycles. The number of nitrogens with one attached hydrogen (secondary N) is 2. The van der Waals surface area contributed by atoms with E-state index in [1.54, 1.807) is 0 Å². The summed E-state index contributed by atoms with van der Waals surface area (Å²) in [5, 5.41) is 5.42. The first-order chi connectivity index (χ1) is 10.0. The monoisotopic (exact) mass is 289 g/mol. The number of rotatable bonds is 5. The smallest absolute Gasteiger partial charge is 0.243 e. The summed E-state index contributed by atoms with van der Waals surface area (Å²) in [7, 11) is 0. The number of carbonyl (C=O) groups is 2. The van der Waals surface area contributed by atoms with Crippen molar-refractivity contribution < 1.29 is 9.59 Å². The van der Waals surface area contributed by atoms with E-state index in [4.69, 9.17) is 5.73 Å². The molecule has 0 saturated heterocycles. The molecule has 0 radical (unpaired) electrons. The van der Waals surface area contributed by atoms with E-state index in [9.17, 15) is 9.59 Å². The molecule has 0 spiro atoms. The summed E-state index contributed by atoms with van der Waals surface area (Å²) in [4.78, 5) is 23.9. The molecule has 1 aliphatic carbocycles. The summed E-state index contributed by atoms with van der Waals surface area (Å²) in [6, 6.07) is 7.68. The number of aryl methyl sites for hydroxylation is 1. The Bertz CT molecular complexity index is 522. The van der Waals surface area contributed by atoms with Gasteiger partial charge in [0, 0.05) is 5.69 Å². The highest BCUT2D eigenvalue weighted by molar-refractivity contribution is 5.96. The summed E-state index contributed by atoms with van der Waals surface area (Å²) < 4.78 is 0. The number of amides is 2. The second-order valence-electron chi connectivity index (χ2n) is 5.65. The zero-order chi connectivity index (χ0) is 15.3. The molecular formula is C16H23N3O2. The molecule has 21 heavy (non-hydrogen) atoms. The van der Waals surface area contributed by atoms with Crippen molar-refractivity contribution in [2.75, 3.05) is 11.9 Å². The number of carbonyl (C=O) groups excluding carboxylic acids is 2. The summed E-state index contributed by atoms with van der Waals surface area (Å²) in [5.41, 5.74) is 7.15. The standard InChI is InChI=1S/C16H23N3O2/c1-2-12-6-5-7-13(10-12)19-14(20)11-18-15(21)16(17)8-3-4-9-16/h5-7,10H,2-4,8-9,11,17H2,1H3,(H,18,21)(H,19,20). The average molecular weight is 289 g/mol. The molecular weight excluding hydrogens is 266 g/mol. The second-order valence-corrected chi connectivity index (χ2v) is 5.65. The fourth-order valence-corrected chi connectivity index (χ4v) is 2.64. The molecule has 0 unspecified atom stereocenters. The summed E-state index contributed by atoms with van der Waals surface area (Å²) in [5.74, 6) is -0.462. The van der Waals surface area contributed by atoms with Crippen LogP contribution >= 0.6 is 0 Å². The maximum Gasteiger partial charge on any atom is 0.243 e. The highest BCUT2D eigenvalue weighted by Gasteiger charge is 2.36. The van der Waals surface area contributed by atoms with E-state index in [2.05, 4.69) is 17.6 Å². The van der Waals surface area contributed by atoms with E-state index in [0.717, 1.165) is 30.5 Å². The first-order valence-corrected chi connectivity index (χ1v) is 7.49. The van der Waals surface area contributed by atoms with Crippen LogP contribution in [0.1, 0.15) is 38.2 Å². The fraction of sp³-hybridized carbons (Fsp3) is 0.500. The minimum absolute atomic E-state index is 0.0475. The van der Waals surface area contributed by atoms with Gasteiger partial charge in [-0.1, -0.05) is 31.9 Å². The molecule has 2 amide bonds. The largest absolute Gasteiger partial charge is 0.345 e. The topological polar surface area (TPSA) is 84.2 Å². The van der Waals surface area contributed by atoms with Gasteiger partial charge in [-0.2, -0.15) is 0 Å². The SMILES string of the molecule is CCc1cccc(NC(=O)CNC(=O)C2(N)CCCC2)c1. The quantitative estimate of drug-likeness (QED) is 0.769. The number of hydrogen-bond donors (Lipinski definition) is 3. The van der Waals surface area contributed by atoms with Gasteiger partial charge in [-0.15, -0.1) is 0 Å². The molecule has 1 aromatic rings. The zero-order valence-corrected chi connectivity index (χ0v) is 12.4. The Morgan fingerprint density at radius 3 is 2.67 bits per heavy atom. The number of nitrogens with two attached hydrogens (primary N) is 1. The van der Waals surface area contributed by atoms with Gasteiger partial charge in [0.15, 0.2) is 0 Å². The third-order valence-electron chi connectivity index (χ3n) is 3.98. The molecule has 4 N–H and O–H groups in total. The minimum Gasteiger partial charge on any atom is -0.345 e. The normalized spacial score (nSPS) is 16.5. The molecule has 0 bridgehead atoms. The lowest BCUT2D eigenvalue weighted by atomic mass is 9.98. The predicted octanol–water partition coefficient (Wildman–Crippen LogP) is 1.58. The van der Waals surface area contributed by atoms with Gasteiger partial charge in [0.2, 0.25) is 11.8 Å². The summed E-state index contributed by atoms with van der Waals surface area (Å²) in [6.45, 7) is 2.01. The van der Waals surface area contributed by atoms with Crippen molar-refractivity contribution in [1.82, 2.24) is 5.32 Å². The van der Waals surface area contributed by atoms with Crippen LogP contribution in [0.4, 0.5) is 5.69 Å². The Morgan fingerprint density at radius 1 is 1.29 bits per heavy atom. The molecule has 5 heteroatoms. The molecule has 0 atom stereocenters. The van der Waals surface area contributed by atoms with Crippen LogP contribution < -0.4 is 16.4 Å². The summed E-state index contributed by atoms with van der Waals surface area (Å²) >= 11 is 0. The third kappa shape index (κ3) is 4.04. The first kappa shape index (κ1) is 15.5. The van der Waals surface area contributed by atoms with Gasteiger partial charge >= 0.3 is 0 Å². The van der Waals surface area contributed by atoms with Crippen molar-refractivity contribution in [2.24, 2.45) is 5.73 Å². The second kappa shape index (κ2) is 6.72.